The predicted molar refractivity (Wildman–Crippen MR) is 68.0 cm³/mol. The first kappa shape index (κ1) is 12.9. The number of rotatable bonds is 4. The summed E-state index contributed by atoms with van der Waals surface area (Å²) < 4.78 is 28.3. The zero-order valence-electron chi connectivity index (χ0n) is 9.10. The van der Waals surface area contributed by atoms with E-state index in [0.717, 1.165) is 10.0 Å². The Morgan fingerprint density at radius 1 is 1.41 bits per heavy atom. The summed E-state index contributed by atoms with van der Waals surface area (Å²) in [5, 5.41) is 8.82. The Balaban J connectivity index is 2.02. The van der Waals surface area contributed by atoms with Gasteiger partial charge in [0.15, 0.2) is 9.84 Å². The molecule has 1 fully saturated rings. The average molecular weight is 321 g/mol. The maximum atomic E-state index is 11.0. The molecule has 0 spiro atoms. The summed E-state index contributed by atoms with van der Waals surface area (Å²) >= 11 is 3.37. The lowest BCUT2D eigenvalue weighted by molar-refractivity contribution is 0.229. The topological polar surface area (TPSA) is 63.6 Å². The maximum Gasteiger partial charge on any atom is 0.157 e. The number of benzene rings is 1. The summed E-state index contributed by atoms with van der Waals surface area (Å²) in [7, 11) is -2.85. The molecule has 17 heavy (non-hydrogen) atoms. The van der Waals surface area contributed by atoms with Crippen LogP contribution in [0.15, 0.2) is 22.7 Å². The molecule has 0 aliphatic carbocycles. The van der Waals surface area contributed by atoms with Gasteiger partial charge < -0.3 is 9.84 Å². The minimum absolute atomic E-state index is 0.0951. The van der Waals surface area contributed by atoms with Crippen LogP contribution in [0.25, 0.3) is 0 Å². The summed E-state index contributed by atoms with van der Waals surface area (Å²) in [4.78, 5) is 0. The van der Waals surface area contributed by atoms with Gasteiger partial charge in [-0.15, -0.1) is 0 Å². The van der Waals surface area contributed by atoms with E-state index in [2.05, 4.69) is 15.9 Å². The Morgan fingerprint density at radius 3 is 2.65 bits per heavy atom. The Labute approximate surface area is 109 Å². The van der Waals surface area contributed by atoms with Gasteiger partial charge in [0, 0.05) is 6.61 Å². The highest BCUT2D eigenvalue weighted by atomic mass is 79.9. The standard InChI is InChI=1S/C11H13BrO4S/c12-10-5-8(3-4-13)1-2-11(10)16-9-6-17(14,15)7-9/h1-2,5,9,13H,3-4,6-7H2. The molecule has 1 heterocycles. The number of hydrogen-bond acceptors (Lipinski definition) is 4. The second-order valence-corrected chi connectivity index (χ2v) is 7.06. The lowest BCUT2D eigenvalue weighted by atomic mass is 10.1. The van der Waals surface area contributed by atoms with Crippen molar-refractivity contribution in [2.75, 3.05) is 18.1 Å². The summed E-state index contributed by atoms with van der Waals surface area (Å²) in [6, 6.07) is 5.53. The molecule has 0 atom stereocenters. The van der Waals surface area contributed by atoms with Crippen LogP contribution in [0.1, 0.15) is 5.56 Å². The molecule has 1 aliphatic rings. The van der Waals surface area contributed by atoms with E-state index in [4.69, 9.17) is 9.84 Å². The third kappa shape index (κ3) is 3.20. The van der Waals surface area contributed by atoms with Crippen molar-refractivity contribution >= 4 is 25.8 Å². The molecule has 2 rings (SSSR count). The van der Waals surface area contributed by atoms with Gasteiger partial charge in [0.05, 0.1) is 16.0 Å². The number of sulfone groups is 1. The van der Waals surface area contributed by atoms with Gasteiger partial charge in [-0.25, -0.2) is 8.42 Å². The number of hydrogen-bond donors (Lipinski definition) is 1. The van der Waals surface area contributed by atoms with E-state index >= 15 is 0 Å². The van der Waals surface area contributed by atoms with Gasteiger partial charge in [-0.1, -0.05) is 6.07 Å². The number of aliphatic hydroxyl groups is 1. The zero-order valence-corrected chi connectivity index (χ0v) is 11.5. The SMILES string of the molecule is O=S1(=O)CC(Oc2ccc(CCO)cc2Br)C1. The van der Waals surface area contributed by atoms with Crippen LogP contribution in [-0.4, -0.2) is 37.7 Å². The third-order valence-corrected chi connectivity index (χ3v) is 4.95. The first-order valence-electron chi connectivity index (χ1n) is 5.26. The molecular formula is C11H13BrO4S. The highest BCUT2D eigenvalue weighted by molar-refractivity contribution is 9.10. The Morgan fingerprint density at radius 2 is 2.12 bits per heavy atom. The predicted octanol–water partition coefficient (Wildman–Crippen LogP) is 1.16. The van der Waals surface area contributed by atoms with Crippen LogP contribution in [0.5, 0.6) is 5.75 Å². The molecule has 0 radical (unpaired) electrons. The van der Waals surface area contributed by atoms with Gasteiger partial charge in [0.1, 0.15) is 11.9 Å². The van der Waals surface area contributed by atoms with Crippen LogP contribution in [0.4, 0.5) is 0 Å². The quantitative estimate of drug-likeness (QED) is 0.904. The van der Waals surface area contributed by atoms with Crippen molar-refractivity contribution in [3.8, 4) is 5.75 Å². The molecule has 0 aromatic heterocycles. The number of aliphatic hydroxyl groups excluding tert-OH is 1. The Hall–Kier alpha value is -0.590. The van der Waals surface area contributed by atoms with Crippen LogP contribution < -0.4 is 4.74 Å². The fourth-order valence-electron chi connectivity index (χ4n) is 1.69. The summed E-state index contributed by atoms with van der Waals surface area (Å²) in [6.07, 6.45) is 0.358. The minimum atomic E-state index is -2.85. The molecule has 0 amide bonds. The van der Waals surface area contributed by atoms with E-state index in [9.17, 15) is 8.42 Å². The molecule has 94 valence electrons. The largest absolute Gasteiger partial charge is 0.487 e. The zero-order chi connectivity index (χ0) is 12.5. The van der Waals surface area contributed by atoms with Gasteiger partial charge in [-0.2, -0.15) is 0 Å². The van der Waals surface area contributed by atoms with Crippen LogP contribution in [-0.2, 0) is 16.3 Å². The van der Waals surface area contributed by atoms with E-state index in [0.29, 0.717) is 12.2 Å². The number of ether oxygens (including phenoxy) is 1. The lowest BCUT2D eigenvalue weighted by Crippen LogP contribution is -2.45. The van der Waals surface area contributed by atoms with Crippen molar-refractivity contribution in [3.05, 3.63) is 28.2 Å². The molecule has 0 unspecified atom stereocenters. The molecular weight excluding hydrogens is 308 g/mol. The van der Waals surface area contributed by atoms with Crippen molar-refractivity contribution in [1.29, 1.82) is 0 Å². The van der Waals surface area contributed by atoms with Gasteiger partial charge in [-0.05, 0) is 40.0 Å². The van der Waals surface area contributed by atoms with Crippen LogP contribution >= 0.6 is 15.9 Å². The first-order chi connectivity index (χ1) is 8.00. The van der Waals surface area contributed by atoms with E-state index in [1.807, 2.05) is 12.1 Å². The normalized spacial score (nSPS) is 18.7. The van der Waals surface area contributed by atoms with Crippen LogP contribution in [0, 0.1) is 0 Å². The van der Waals surface area contributed by atoms with Crippen molar-refractivity contribution in [1.82, 2.24) is 0 Å². The molecule has 1 aliphatic heterocycles. The van der Waals surface area contributed by atoms with Crippen molar-refractivity contribution in [3.63, 3.8) is 0 Å². The van der Waals surface area contributed by atoms with Gasteiger partial charge >= 0.3 is 0 Å². The molecule has 6 heteroatoms. The van der Waals surface area contributed by atoms with Gasteiger partial charge in [0.25, 0.3) is 0 Å². The van der Waals surface area contributed by atoms with E-state index in [1.54, 1.807) is 6.07 Å². The van der Waals surface area contributed by atoms with E-state index in [-0.39, 0.29) is 24.2 Å². The molecule has 1 N–H and O–H groups in total. The molecule has 0 saturated carbocycles. The average Bonchev–Trinajstić information content (AvgIpc) is 2.19. The highest BCUT2D eigenvalue weighted by Gasteiger charge is 2.35. The van der Waals surface area contributed by atoms with Crippen molar-refractivity contribution in [2.45, 2.75) is 12.5 Å². The second kappa shape index (κ2) is 4.96. The summed E-state index contributed by atoms with van der Waals surface area (Å²) in [6.45, 7) is 0.105. The molecule has 4 nitrogen and oxygen atoms in total. The number of halogens is 1. The molecule has 0 bridgehead atoms. The minimum Gasteiger partial charge on any atom is -0.487 e. The first-order valence-corrected chi connectivity index (χ1v) is 7.88. The third-order valence-electron chi connectivity index (χ3n) is 2.57. The molecule has 1 saturated heterocycles. The van der Waals surface area contributed by atoms with Crippen molar-refractivity contribution < 1.29 is 18.3 Å². The summed E-state index contributed by atoms with van der Waals surface area (Å²) in [5.74, 6) is 0.835. The van der Waals surface area contributed by atoms with Crippen molar-refractivity contribution in [2.24, 2.45) is 0 Å². The van der Waals surface area contributed by atoms with Gasteiger partial charge in [0.2, 0.25) is 0 Å². The monoisotopic (exact) mass is 320 g/mol. The Bertz CT molecular complexity index is 500. The van der Waals surface area contributed by atoms with E-state index in [1.165, 1.54) is 0 Å². The fraction of sp³-hybridized carbons (Fsp3) is 0.455. The lowest BCUT2D eigenvalue weighted by Gasteiger charge is -2.27. The van der Waals surface area contributed by atoms with Crippen LogP contribution in [0.2, 0.25) is 0 Å². The summed E-state index contributed by atoms with van der Waals surface area (Å²) in [5.41, 5.74) is 1.01. The molecule has 1 aromatic carbocycles. The fourth-order valence-corrected chi connectivity index (χ4v) is 3.38. The van der Waals surface area contributed by atoms with Crippen LogP contribution in [0.3, 0.4) is 0 Å². The maximum absolute atomic E-state index is 11.0. The Kier molecular flexibility index (Phi) is 3.75. The smallest absolute Gasteiger partial charge is 0.157 e. The van der Waals surface area contributed by atoms with Gasteiger partial charge in [-0.3, -0.25) is 0 Å². The molecule has 1 aromatic rings. The second-order valence-electron chi connectivity index (χ2n) is 4.06. The van der Waals surface area contributed by atoms with E-state index < -0.39 is 9.84 Å². The highest BCUT2D eigenvalue weighted by Crippen LogP contribution is 2.29.